The summed E-state index contributed by atoms with van der Waals surface area (Å²) in [6.07, 6.45) is 0. The number of carbonyl (C=O) groups is 1. The van der Waals surface area contributed by atoms with Crippen molar-refractivity contribution in [3.8, 4) is 11.5 Å². The standard InChI is InChI=1S/C21H26FN3O3/c1-27-18-6-7-20(28-2)19(13-18)23-21(26)15-25-10-8-24(9-11-25)14-16-4-3-5-17(22)12-16/h3-7,12-13H,8-11,14-15H2,1-2H3,(H,23,26)/p+2. The van der Waals surface area contributed by atoms with Gasteiger partial charge in [0.25, 0.3) is 5.91 Å². The van der Waals surface area contributed by atoms with E-state index in [1.165, 1.54) is 15.9 Å². The molecule has 0 unspecified atom stereocenters. The van der Waals surface area contributed by atoms with Gasteiger partial charge in [-0.1, -0.05) is 12.1 Å². The number of piperazine rings is 1. The van der Waals surface area contributed by atoms with Crippen LogP contribution in [0.1, 0.15) is 5.56 Å². The van der Waals surface area contributed by atoms with E-state index in [1.807, 2.05) is 6.07 Å². The summed E-state index contributed by atoms with van der Waals surface area (Å²) in [5.41, 5.74) is 1.63. The van der Waals surface area contributed by atoms with Gasteiger partial charge in [0.2, 0.25) is 0 Å². The molecule has 150 valence electrons. The molecule has 1 saturated heterocycles. The van der Waals surface area contributed by atoms with Crippen LogP contribution in [0.2, 0.25) is 0 Å². The molecule has 3 rings (SSSR count). The largest absolute Gasteiger partial charge is 0.497 e. The van der Waals surface area contributed by atoms with Crippen LogP contribution in [0, 0.1) is 5.82 Å². The Kier molecular flexibility index (Phi) is 6.84. The van der Waals surface area contributed by atoms with Gasteiger partial charge < -0.3 is 24.6 Å². The normalized spacial score (nSPS) is 19.1. The fourth-order valence-electron chi connectivity index (χ4n) is 3.58. The second-order valence-electron chi connectivity index (χ2n) is 7.10. The molecule has 3 N–H and O–H groups in total. The van der Waals surface area contributed by atoms with Gasteiger partial charge in [-0.25, -0.2) is 4.39 Å². The highest BCUT2D eigenvalue weighted by atomic mass is 19.1. The maximum absolute atomic E-state index is 13.3. The lowest BCUT2D eigenvalue weighted by Crippen LogP contribution is -3.28. The smallest absolute Gasteiger partial charge is 0.279 e. The molecule has 0 atom stereocenters. The molecule has 1 heterocycles. The fraction of sp³-hybridized carbons (Fsp3) is 0.381. The van der Waals surface area contributed by atoms with Gasteiger partial charge in [-0.3, -0.25) is 4.79 Å². The van der Waals surface area contributed by atoms with E-state index in [0.717, 1.165) is 38.3 Å². The third-order valence-corrected chi connectivity index (χ3v) is 5.10. The minimum atomic E-state index is -0.189. The van der Waals surface area contributed by atoms with Crippen LogP contribution in [-0.2, 0) is 11.3 Å². The van der Waals surface area contributed by atoms with Gasteiger partial charge in [-0.15, -0.1) is 0 Å². The van der Waals surface area contributed by atoms with Crippen LogP contribution in [-0.4, -0.2) is 52.9 Å². The van der Waals surface area contributed by atoms with Gasteiger partial charge in [-0.2, -0.15) is 0 Å². The topological polar surface area (TPSA) is 56.4 Å². The monoisotopic (exact) mass is 389 g/mol. The lowest BCUT2D eigenvalue weighted by atomic mass is 10.2. The first-order valence-corrected chi connectivity index (χ1v) is 9.51. The quantitative estimate of drug-likeness (QED) is 0.613. The number of rotatable bonds is 7. The predicted molar refractivity (Wildman–Crippen MR) is 105 cm³/mol. The van der Waals surface area contributed by atoms with Gasteiger partial charge in [0.05, 0.1) is 19.9 Å². The van der Waals surface area contributed by atoms with Crippen LogP contribution < -0.4 is 24.6 Å². The van der Waals surface area contributed by atoms with E-state index in [-0.39, 0.29) is 11.7 Å². The third kappa shape index (κ3) is 5.43. The molecule has 0 spiro atoms. The van der Waals surface area contributed by atoms with Crippen LogP contribution in [0.5, 0.6) is 11.5 Å². The highest BCUT2D eigenvalue weighted by molar-refractivity contribution is 5.93. The number of quaternary nitrogens is 2. The number of anilines is 1. The van der Waals surface area contributed by atoms with E-state index in [2.05, 4.69) is 5.32 Å². The number of hydrogen-bond donors (Lipinski definition) is 3. The Labute approximate surface area is 164 Å². The molecule has 1 aliphatic rings. The predicted octanol–water partition coefficient (Wildman–Crippen LogP) is -0.235. The molecule has 28 heavy (non-hydrogen) atoms. The first-order chi connectivity index (χ1) is 13.6. The molecule has 0 aliphatic carbocycles. The van der Waals surface area contributed by atoms with Crippen LogP contribution >= 0.6 is 0 Å². The Hall–Kier alpha value is -2.64. The highest BCUT2D eigenvalue weighted by Gasteiger charge is 2.25. The van der Waals surface area contributed by atoms with E-state index < -0.39 is 0 Å². The van der Waals surface area contributed by atoms with Crippen molar-refractivity contribution in [2.45, 2.75) is 6.54 Å². The summed E-state index contributed by atoms with van der Waals surface area (Å²) in [7, 11) is 3.16. The van der Waals surface area contributed by atoms with Crippen molar-refractivity contribution in [2.24, 2.45) is 0 Å². The van der Waals surface area contributed by atoms with Gasteiger partial charge in [0.1, 0.15) is 50.0 Å². The molecular weight excluding hydrogens is 361 g/mol. The van der Waals surface area contributed by atoms with Crippen LogP contribution in [0.15, 0.2) is 42.5 Å². The molecule has 1 fully saturated rings. The number of methoxy groups -OCH3 is 2. The van der Waals surface area contributed by atoms with Crippen molar-refractivity contribution in [1.29, 1.82) is 0 Å². The maximum Gasteiger partial charge on any atom is 0.279 e. The van der Waals surface area contributed by atoms with Crippen molar-refractivity contribution < 1.29 is 28.5 Å². The Morgan fingerprint density at radius 2 is 1.79 bits per heavy atom. The SMILES string of the molecule is COc1ccc(OC)c(NC(=O)C[NH+]2CC[NH+](Cc3cccc(F)c3)CC2)c1. The molecule has 0 radical (unpaired) electrons. The highest BCUT2D eigenvalue weighted by Crippen LogP contribution is 2.28. The zero-order valence-electron chi connectivity index (χ0n) is 16.4. The summed E-state index contributed by atoms with van der Waals surface area (Å²) in [4.78, 5) is 15.2. The number of amides is 1. The third-order valence-electron chi connectivity index (χ3n) is 5.10. The number of nitrogens with one attached hydrogen (secondary N) is 3. The molecule has 0 saturated carbocycles. The molecule has 0 bridgehead atoms. The zero-order chi connectivity index (χ0) is 19.9. The second-order valence-corrected chi connectivity index (χ2v) is 7.10. The lowest BCUT2D eigenvalue weighted by Gasteiger charge is -2.29. The van der Waals surface area contributed by atoms with E-state index in [4.69, 9.17) is 9.47 Å². The fourth-order valence-corrected chi connectivity index (χ4v) is 3.58. The summed E-state index contributed by atoms with van der Waals surface area (Å²) in [6, 6.07) is 12.1. The number of hydrogen-bond acceptors (Lipinski definition) is 3. The Morgan fingerprint density at radius 1 is 1.04 bits per heavy atom. The molecule has 0 aromatic heterocycles. The molecule has 7 heteroatoms. The van der Waals surface area contributed by atoms with Gasteiger partial charge >= 0.3 is 0 Å². The van der Waals surface area contributed by atoms with Gasteiger partial charge in [0.15, 0.2) is 6.54 Å². The Balaban J connectivity index is 1.49. The van der Waals surface area contributed by atoms with Crippen molar-refractivity contribution in [3.05, 3.63) is 53.8 Å². The van der Waals surface area contributed by atoms with Crippen molar-refractivity contribution in [1.82, 2.24) is 0 Å². The van der Waals surface area contributed by atoms with Gasteiger partial charge in [0, 0.05) is 11.6 Å². The first-order valence-electron chi connectivity index (χ1n) is 9.51. The molecule has 2 aromatic carbocycles. The molecule has 1 aliphatic heterocycles. The summed E-state index contributed by atoms with van der Waals surface area (Å²) in [5, 5.41) is 2.93. The van der Waals surface area contributed by atoms with Gasteiger partial charge in [-0.05, 0) is 24.3 Å². The number of halogens is 1. The average Bonchev–Trinajstić information content (AvgIpc) is 2.69. The first kappa shape index (κ1) is 20.1. The van der Waals surface area contributed by atoms with Crippen molar-refractivity contribution in [3.63, 3.8) is 0 Å². The molecular formula is C21H28FN3O3+2. The second kappa shape index (κ2) is 9.52. The lowest BCUT2D eigenvalue weighted by molar-refractivity contribution is -1.02. The van der Waals surface area contributed by atoms with Crippen molar-refractivity contribution >= 4 is 11.6 Å². The maximum atomic E-state index is 13.3. The van der Waals surface area contributed by atoms with Crippen LogP contribution in [0.25, 0.3) is 0 Å². The van der Waals surface area contributed by atoms with E-state index >= 15 is 0 Å². The summed E-state index contributed by atoms with van der Waals surface area (Å²) >= 11 is 0. The zero-order valence-corrected chi connectivity index (χ0v) is 16.4. The van der Waals surface area contributed by atoms with Crippen molar-refractivity contribution in [2.75, 3.05) is 52.3 Å². The minimum Gasteiger partial charge on any atom is -0.497 e. The van der Waals surface area contributed by atoms with Crippen LogP contribution in [0.3, 0.4) is 0 Å². The summed E-state index contributed by atoms with van der Waals surface area (Å²) < 4.78 is 23.9. The molecule has 6 nitrogen and oxygen atoms in total. The number of ether oxygens (including phenoxy) is 2. The molecule has 1 amide bonds. The van der Waals surface area contributed by atoms with E-state index in [1.54, 1.807) is 44.6 Å². The van der Waals surface area contributed by atoms with Crippen LogP contribution in [0.4, 0.5) is 10.1 Å². The number of benzene rings is 2. The minimum absolute atomic E-state index is 0.0462. The summed E-state index contributed by atoms with van der Waals surface area (Å²) in [5.74, 6) is 1.03. The van der Waals surface area contributed by atoms with E-state index in [0.29, 0.717) is 23.7 Å². The van der Waals surface area contributed by atoms with E-state index in [9.17, 15) is 9.18 Å². The number of carbonyl (C=O) groups excluding carboxylic acids is 1. The Morgan fingerprint density at radius 3 is 2.46 bits per heavy atom. The Bertz CT molecular complexity index is 807. The summed E-state index contributed by atoms with van der Waals surface area (Å²) in [6.45, 7) is 4.97. The average molecular weight is 389 g/mol. The molecule has 2 aromatic rings.